The molecular weight excluding hydrogens is 314 g/mol. The number of hydrogen-bond donors (Lipinski definition) is 1. The molecule has 0 amide bonds. The van der Waals surface area contributed by atoms with Gasteiger partial charge in [0.25, 0.3) is 0 Å². The molecule has 1 N–H and O–H groups in total. The van der Waals surface area contributed by atoms with E-state index >= 15 is 0 Å². The van der Waals surface area contributed by atoms with E-state index in [1.165, 1.54) is 0 Å². The number of aryl methyl sites for hydroxylation is 2. The minimum atomic E-state index is -1.07. The second kappa shape index (κ2) is 9.04. The second-order valence-corrected chi connectivity index (χ2v) is 13.1. The quantitative estimate of drug-likeness (QED) is 0.230. The van der Waals surface area contributed by atoms with Crippen molar-refractivity contribution in [3.63, 3.8) is 0 Å². The summed E-state index contributed by atoms with van der Waals surface area (Å²) in [5.74, 6) is 0. The molecule has 0 saturated carbocycles. The first-order valence-corrected chi connectivity index (χ1v) is 12.3. The fourth-order valence-electron chi connectivity index (χ4n) is 2.06. The molecule has 0 radical (unpaired) electrons. The fraction of sp³-hybridized carbons (Fsp3) is 0.526. The van der Waals surface area contributed by atoms with Crippen LogP contribution in [0.15, 0.2) is 23.7 Å². The third kappa shape index (κ3) is 6.89. The van der Waals surface area contributed by atoms with E-state index in [0.717, 1.165) is 47.3 Å². The van der Waals surface area contributed by atoms with Crippen LogP contribution in [0.1, 0.15) is 23.6 Å². The van der Waals surface area contributed by atoms with Crippen LogP contribution in [-0.4, -0.2) is 39.5 Å². The Balaban J connectivity index is 2.74. The van der Waals surface area contributed by atoms with Crippen LogP contribution in [0.3, 0.4) is 0 Å². The first-order valence-electron chi connectivity index (χ1n) is 8.57. The summed E-state index contributed by atoms with van der Waals surface area (Å²) >= 11 is 0. The largest absolute Gasteiger partial charge is 0.366 e. The number of benzene rings is 1. The van der Waals surface area contributed by atoms with Crippen molar-refractivity contribution in [2.75, 3.05) is 20.2 Å². The van der Waals surface area contributed by atoms with Gasteiger partial charge in [0.15, 0.2) is 0 Å². The lowest BCUT2D eigenvalue weighted by atomic mass is 10.0. The number of hydroxylamine groups is 1. The molecule has 0 aromatic heterocycles. The molecular formula is C19H33N3OSi. The van der Waals surface area contributed by atoms with Crippen molar-refractivity contribution in [3.05, 3.63) is 35.4 Å². The van der Waals surface area contributed by atoms with Gasteiger partial charge in [-0.2, -0.15) is 0 Å². The van der Waals surface area contributed by atoms with Crippen LogP contribution >= 0.6 is 0 Å². The third-order valence-corrected chi connectivity index (χ3v) is 5.61. The first kappa shape index (κ1) is 20.5. The molecule has 0 unspecified atom stereocenters. The lowest BCUT2D eigenvalue weighted by molar-refractivity contribution is 0.0894. The molecule has 24 heavy (non-hydrogen) atoms. The zero-order chi connectivity index (χ0) is 18.3. The van der Waals surface area contributed by atoms with Crippen molar-refractivity contribution in [3.8, 4) is 0 Å². The van der Waals surface area contributed by atoms with Gasteiger partial charge in [-0.3, -0.25) is 10.3 Å². The summed E-state index contributed by atoms with van der Waals surface area (Å²) in [5, 5.41) is 0. The highest BCUT2D eigenvalue weighted by Crippen LogP contribution is 2.26. The molecule has 0 atom stereocenters. The van der Waals surface area contributed by atoms with Crippen LogP contribution in [0, 0.1) is 13.8 Å². The maximum absolute atomic E-state index is 5.59. The maximum Gasteiger partial charge on any atom is 0.0909 e. The van der Waals surface area contributed by atoms with Crippen LogP contribution in [0.2, 0.25) is 25.7 Å². The van der Waals surface area contributed by atoms with Gasteiger partial charge in [-0.05, 0) is 50.1 Å². The first-order chi connectivity index (χ1) is 11.1. The van der Waals surface area contributed by atoms with E-state index in [9.17, 15) is 0 Å². The number of nitrogens with zero attached hydrogens (tertiary/aromatic N) is 2. The topological polar surface area (TPSA) is 36.9 Å². The van der Waals surface area contributed by atoms with Crippen molar-refractivity contribution >= 4 is 25.8 Å². The van der Waals surface area contributed by atoms with Crippen LogP contribution in [0.4, 0.5) is 5.69 Å². The minimum Gasteiger partial charge on any atom is -0.366 e. The van der Waals surface area contributed by atoms with E-state index in [1.54, 1.807) is 0 Å². The summed E-state index contributed by atoms with van der Waals surface area (Å²) in [7, 11) is 0.945. The Morgan fingerprint density at radius 3 is 2.54 bits per heavy atom. The SMILES string of the molecule is C=C(NOCC[Si](C)(C)C)c1cc(C)c(N=CN(C)CC)cc1C. The fourth-order valence-corrected chi connectivity index (χ4v) is 2.77. The number of rotatable bonds is 9. The van der Waals surface area contributed by atoms with Gasteiger partial charge >= 0.3 is 0 Å². The Kier molecular flexibility index (Phi) is 7.70. The predicted molar refractivity (Wildman–Crippen MR) is 109 cm³/mol. The average Bonchev–Trinajstić information content (AvgIpc) is 2.50. The van der Waals surface area contributed by atoms with Crippen LogP contribution in [0.25, 0.3) is 5.70 Å². The zero-order valence-electron chi connectivity index (χ0n) is 16.4. The highest BCUT2D eigenvalue weighted by Gasteiger charge is 2.13. The molecule has 0 fully saturated rings. The molecule has 0 aliphatic heterocycles. The monoisotopic (exact) mass is 347 g/mol. The molecule has 0 heterocycles. The van der Waals surface area contributed by atoms with Gasteiger partial charge in [-0.25, -0.2) is 4.99 Å². The molecule has 0 aliphatic rings. The summed E-state index contributed by atoms with van der Waals surface area (Å²) in [6, 6.07) is 5.34. The van der Waals surface area contributed by atoms with Gasteiger partial charge in [0.05, 0.1) is 24.3 Å². The number of nitrogens with one attached hydrogen (secondary N) is 1. The number of hydrogen-bond acceptors (Lipinski definition) is 3. The highest BCUT2D eigenvalue weighted by molar-refractivity contribution is 6.76. The third-order valence-electron chi connectivity index (χ3n) is 3.91. The van der Waals surface area contributed by atoms with Gasteiger partial charge < -0.3 is 4.90 Å². The Bertz CT molecular complexity index is 591. The van der Waals surface area contributed by atoms with Crippen molar-refractivity contribution in [1.29, 1.82) is 0 Å². The van der Waals surface area contributed by atoms with E-state index in [2.05, 4.69) is 74.5 Å². The molecule has 1 aromatic rings. The van der Waals surface area contributed by atoms with E-state index in [4.69, 9.17) is 4.84 Å². The predicted octanol–water partition coefficient (Wildman–Crippen LogP) is 4.75. The smallest absolute Gasteiger partial charge is 0.0909 e. The molecule has 4 nitrogen and oxygen atoms in total. The minimum absolute atomic E-state index is 0.721. The molecule has 134 valence electrons. The van der Waals surface area contributed by atoms with Crippen molar-refractivity contribution in [1.82, 2.24) is 10.4 Å². The average molecular weight is 348 g/mol. The van der Waals surface area contributed by atoms with Crippen LogP contribution < -0.4 is 5.48 Å². The molecule has 0 saturated heterocycles. The van der Waals surface area contributed by atoms with E-state index in [0.29, 0.717) is 0 Å². The van der Waals surface area contributed by atoms with Crippen molar-refractivity contribution in [2.45, 2.75) is 46.5 Å². The second-order valence-electron chi connectivity index (χ2n) is 7.51. The van der Waals surface area contributed by atoms with Crippen LogP contribution in [0.5, 0.6) is 0 Å². The van der Waals surface area contributed by atoms with E-state index < -0.39 is 8.07 Å². The summed E-state index contributed by atoms with van der Waals surface area (Å²) in [6.45, 7) is 19.0. The van der Waals surface area contributed by atoms with Crippen molar-refractivity contribution < 1.29 is 4.84 Å². The van der Waals surface area contributed by atoms with Gasteiger partial charge in [-0.15, -0.1) is 0 Å². The molecule has 1 rings (SSSR count). The molecule has 0 bridgehead atoms. The Hall–Kier alpha value is -1.59. The lowest BCUT2D eigenvalue weighted by Crippen LogP contribution is -2.24. The maximum atomic E-state index is 5.59. The van der Waals surface area contributed by atoms with Gasteiger partial charge in [-0.1, -0.05) is 26.2 Å². The molecule has 0 aliphatic carbocycles. The normalized spacial score (nSPS) is 11.8. The molecule has 5 heteroatoms. The number of aliphatic imine (C=N–C) groups is 1. The van der Waals surface area contributed by atoms with Crippen LogP contribution in [-0.2, 0) is 4.84 Å². The molecule has 1 aromatic carbocycles. The summed E-state index contributed by atoms with van der Waals surface area (Å²) in [5.41, 5.74) is 8.12. The van der Waals surface area contributed by atoms with Gasteiger partial charge in [0.1, 0.15) is 0 Å². The van der Waals surface area contributed by atoms with Gasteiger partial charge in [0, 0.05) is 27.2 Å². The Morgan fingerprint density at radius 2 is 1.96 bits per heavy atom. The lowest BCUT2D eigenvalue weighted by Gasteiger charge is -2.17. The van der Waals surface area contributed by atoms with E-state index in [1.807, 2.05) is 13.4 Å². The molecule has 0 spiro atoms. The summed E-state index contributed by atoms with van der Waals surface area (Å²) in [4.78, 5) is 12.2. The Morgan fingerprint density at radius 1 is 1.29 bits per heavy atom. The van der Waals surface area contributed by atoms with E-state index in [-0.39, 0.29) is 0 Å². The summed E-state index contributed by atoms with van der Waals surface area (Å²) < 4.78 is 0. The highest BCUT2D eigenvalue weighted by atomic mass is 28.3. The zero-order valence-corrected chi connectivity index (χ0v) is 17.4. The van der Waals surface area contributed by atoms with Gasteiger partial charge in [0.2, 0.25) is 0 Å². The standard InChI is InChI=1S/C19H33N3OSi/c1-9-22(5)14-20-19-13-15(2)18(12-16(19)3)17(4)21-23-10-11-24(6,7)8/h12-14,21H,4,9-11H2,1-3,5-8H3. The Labute approximate surface area is 148 Å². The summed E-state index contributed by atoms with van der Waals surface area (Å²) in [6.07, 6.45) is 1.87. The van der Waals surface area contributed by atoms with Crippen molar-refractivity contribution in [2.24, 2.45) is 4.99 Å².